The topological polar surface area (TPSA) is 82.2 Å². The minimum Gasteiger partial charge on any atom is -0.481 e. The fourth-order valence-corrected chi connectivity index (χ4v) is 1.60. The van der Waals surface area contributed by atoms with Gasteiger partial charge in [0.05, 0.1) is 6.42 Å². The number of aliphatic carboxylic acids is 1. The molecule has 0 bridgehead atoms. The van der Waals surface area contributed by atoms with Gasteiger partial charge in [0.1, 0.15) is 5.69 Å². The van der Waals surface area contributed by atoms with E-state index in [2.05, 4.69) is 10.3 Å². The van der Waals surface area contributed by atoms with Crippen molar-refractivity contribution in [2.45, 2.75) is 6.42 Å². The molecule has 0 fully saturated rings. The molecule has 1 aromatic carbocycles. The third-order valence-corrected chi connectivity index (χ3v) is 2.38. The Hall–Kier alpha value is -2.56. The number of carboxylic acid groups (broad SMARTS) is 1. The average Bonchev–Trinajstić information content (AvgIpc) is 2.81. The molecule has 3 N–H and O–H groups in total. The van der Waals surface area contributed by atoms with E-state index in [1.165, 1.54) is 0 Å². The van der Waals surface area contributed by atoms with E-state index in [4.69, 9.17) is 5.11 Å². The van der Waals surface area contributed by atoms with Crippen molar-refractivity contribution in [3.8, 4) is 0 Å². The number of benzene rings is 1. The van der Waals surface area contributed by atoms with Crippen LogP contribution in [-0.4, -0.2) is 22.0 Å². The summed E-state index contributed by atoms with van der Waals surface area (Å²) in [6.07, 6.45) is 1.60. The van der Waals surface area contributed by atoms with Crippen LogP contribution < -0.4 is 5.32 Å². The van der Waals surface area contributed by atoms with Gasteiger partial charge in [-0.2, -0.15) is 0 Å². The van der Waals surface area contributed by atoms with E-state index in [0.717, 1.165) is 0 Å². The summed E-state index contributed by atoms with van der Waals surface area (Å²) in [7, 11) is 0. The van der Waals surface area contributed by atoms with Crippen LogP contribution in [0.1, 0.15) is 16.1 Å². The van der Waals surface area contributed by atoms with Crippen LogP contribution in [-0.2, 0) is 11.2 Å². The molecule has 0 saturated carbocycles. The van der Waals surface area contributed by atoms with Crippen LogP contribution in [0.5, 0.6) is 0 Å². The fourth-order valence-electron chi connectivity index (χ4n) is 1.60. The monoisotopic (exact) mass is 244 g/mol. The highest BCUT2D eigenvalue weighted by molar-refractivity contribution is 6.02. The van der Waals surface area contributed by atoms with E-state index < -0.39 is 5.97 Å². The zero-order valence-corrected chi connectivity index (χ0v) is 9.51. The number of nitrogens with one attached hydrogen (secondary N) is 2. The summed E-state index contributed by atoms with van der Waals surface area (Å²) in [6, 6.07) is 10.2. The Morgan fingerprint density at radius 1 is 1.22 bits per heavy atom. The van der Waals surface area contributed by atoms with E-state index in [9.17, 15) is 9.59 Å². The zero-order valence-electron chi connectivity index (χ0n) is 9.51. The number of hydrogen-bond donors (Lipinski definition) is 3. The maximum Gasteiger partial charge on any atom is 0.307 e. The standard InChI is InChI=1S/C13H12N2O3/c16-12(17)8-9-3-1-4-10(7-9)15-13(18)11-5-2-6-14-11/h1-7,14H,8H2,(H,15,18)(H,16,17). The van der Waals surface area contributed by atoms with E-state index in [1.807, 2.05) is 0 Å². The van der Waals surface area contributed by atoms with Gasteiger partial charge in [0.2, 0.25) is 0 Å². The number of amides is 1. The molecule has 0 spiro atoms. The molecule has 0 aliphatic rings. The van der Waals surface area contributed by atoms with Gasteiger partial charge in [-0.25, -0.2) is 0 Å². The highest BCUT2D eigenvalue weighted by Gasteiger charge is 2.07. The highest BCUT2D eigenvalue weighted by atomic mass is 16.4. The third kappa shape index (κ3) is 2.98. The lowest BCUT2D eigenvalue weighted by atomic mass is 10.1. The first-order valence-electron chi connectivity index (χ1n) is 5.40. The molecule has 0 saturated heterocycles. The summed E-state index contributed by atoms with van der Waals surface area (Å²) in [6.45, 7) is 0. The molecule has 0 aliphatic carbocycles. The SMILES string of the molecule is O=C(O)Cc1cccc(NC(=O)c2ccc[nH]2)c1. The van der Waals surface area contributed by atoms with Gasteiger partial charge in [0.15, 0.2) is 0 Å². The third-order valence-electron chi connectivity index (χ3n) is 2.38. The van der Waals surface area contributed by atoms with Crippen LogP contribution in [0.3, 0.4) is 0 Å². The lowest BCUT2D eigenvalue weighted by Crippen LogP contribution is -2.12. The van der Waals surface area contributed by atoms with Crippen LogP contribution in [0.25, 0.3) is 0 Å². The molecular formula is C13H12N2O3. The number of rotatable bonds is 4. The number of H-pyrrole nitrogens is 1. The van der Waals surface area contributed by atoms with Crippen molar-refractivity contribution < 1.29 is 14.7 Å². The summed E-state index contributed by atoms with van der Waals surface area (Å²) in [5, 5.41) is 11.4. The van der Waals surface area contributed by atoms with E-state index in [0.29, 0.717) is 16.9 Å². The average molecular weight is 244 g/mol. The summed E-state index contributed by atoms with van der Waals surface area (Å²) < 4.78 is 0. The quantitative estimate of drug-likeness (QED) is 0.768. The number of carboxylic acids is 1. The Balaban J connectivity index is 2.10. The van der Waals surface area contributed by atoms with Crippen molar-refractivity contribution in [3.05, 3.63) is 53.9 Å². The lowest BCUT2D eigenvalue weighted by molar-refractivity contribution is -0.136. The van der Waals surface area contributed by atoms with Crippen LogP contribution in [0.4, 0.5) is 5.69 Å². The Labute approximate surface area is 103 Å². The summed E-state index contributed by atoms with van der Waals surface area (Å²) in [4.78, 5) is 25.1. The van der Waals surface area contributed by atoms with Gasteiger partial charge < -0.3 is 15.4 Å². The number of aromatic amines is 1. The highest BCUT2D eigenvalue weighted by Crippen LogP contribution is 2.12. The molecule has 0 atom stereocenters. The molecule has 0 aliphatic heterocycles. The second-order valence-electron chi connectivity index (χ2n) is 3.81. The molecule has 2 rings (SSSR count). The molecule has 1 heterocycles. The summed E-state index contributed by atoms with van der Waals surface area (Å²) >= 11 is 0. The second-order valence-corrected chi connectivity index (χ2v) is 3.81. The molecule has 1 aromatic heterocycles. The maximum absolute atomic E-state index is 11.8. The Morgan fingerprint density at radius 2 is 2.06 bits per heavy atom. The first-order chi connectivity index (χ1) is 8.65. The predicted molar refractivity (Wildman–Crippen MR) is 66.5 cm³/mol. The van der Waals surface area contributed by atoms with Crippen LogP contribution in [0.2, 0.25) is 0 Å². The molecule has 1 amide bonds. The molecule has 5 heteroatoms. The fraction of sp³-hybridized carbons (Fsp3) is 0.0769. The Bertz CT molecular complexity index is 561. The molecular weight excluding hydrogens is 232 g/mol. The van der Waals surface area contributed by atoms with Gasteiger partial charge in [-0.3, -0.25) is 9.59 Å². The lowest BCUT2D eigenvalue weighted by Gasteiger charge is -2.05. The van der Waals surface area contributed by atoms with Crippen molar-refractivity contribution in [2.24, 2.45) is 0 Å². The second kappa shape index (κ2) is 5.18. The van der Waals surface area contributed by atoms with Gasteiger partial charge in [-0.15, -0.1) is 0 Å². The van der Waals surface area contributed by atoms with E-state index in [1.54, 1.807) is 42.6 Å². The van der Waals surface area contributed by atoms with Gasteiger partial charge in [0, 0.05) is 11.9 Å². The molecule has 2 aromatic rings. The van der Waals surface area contributed by atoms with Crippen molar-refractivity contribution >= 4 is 17.6 Å². The van der Waals surface area contributed by atoms with Crippen molar-refractivity contribution in [3.63, 3.8) is 0 Å². The number of anilines is 1. The largest absolute Gasteiger partial charge is 0.481 e. The Kier molecular flexibility index (Phi) is 3.43. The summed E-state index contributed by atoms with van der Waals surface area (Å²) in [5.74, 6) is -1.16. The minimum absolute atomic E-state index is 0.0633. The number of carbonyl (C=O) groups is 2. The van der Waals surface area contributed by atoms with Crippen molar-refractivity contribution in [1.82, 2.24) is 4.98 Å². The molecule has 92 valence electrons. The number of carbonyl (C=O) groups excluding carboxylic acids is 1. The van der Waals surface area contributed by atoms with Crippen LogP contribution in [0.15, 0.2) is 42.6 Å². The first-order valence-corrected chi connectivity index (χ1v) is 5.40. The van der Waals surface area contributed by atoms with Crippen LogP contribution in [0, 0.1) is 0 Å². The maximum atomic E-state index is 11.8. The van der Waals surface area contributed by atoms with Crippen molar-refractivity contribution in [1.29, 1.82) is 0 Å². The van der Waals surface area contributed by atoms with Gasteiger partial charge in [-0.05, 0) is 29.8 Å². The molecule has 5 nitrogen and oxygen atoms in total. The Morgan fingerprint density at radius 3 is 2.72 bits per heavy atom. The predicted octanol–water partition coefficient (Wildman–Crippen LogP) is 1.89. The zero-order chi connectivity index (χ0) is 13.0. The van der Waals surface area contributed by atoms with E-state index in [-0.39, 0.29) is 12.3 Å². The molecule has 18 heavy (non-hydrogen) atoms. The van der Waals surface area contributed by atoms with E-state index >= 15 is 0 Å². The van der Waals surface area contributed by atoms with Gasteiger partial charge in [0.25, 0.3) is 5.91 Å². The molecule has 0 radical (unpaired) electrons. The number of hydrogen-bond acceptors (Lipinski definition) is 2. The minimum atomic E-state index is -0.900. The smallest absolute Gasteiger partial charge is 0.307 e. The normalized spacial score (nSPS) is 10.0. The number of aromatic nitrogens is 1. The van der Waals surface area contributed by atoms with Gasteiger partial charge in [-0.1, -0.05) is 12.1 Å². The van der Waals surface area contributed by atoms with Gasteiger partial charge >= 0.3 is 5.97 Å². The summed E-state index contributed by atoms with van der Waals surface area (Å²) in [5.41, 5.74) is 1.68. The first kappa shape index (κ1) is 11.9. The molecule has 0 unspecified atom stereocenters. The van der Waals surface area contributed by atoms with Crippen LogP contribution >= 0.6 is 0 Å². The van der Waals surface area contributed by atoms with Crippen molar-refractivity contribution in [2.75, 3.05) is 5.32 Å².